The van der Waals surface area contributed by atoms with Crippen LogP contribution < -0.4 is 0 Å². The minimum atomic E-state index is -0.939. The maximum atomic E-state index is 11.5. The van der Waals surface area contributed by atoms with Gasteiger partial charge in [-0.2, -0.15) is 0 Å². The lowest BCUT2D eigenvalue weighted by molar-refractivity contribution is -0.140. The third kappa shape index (κ3) is 2.33. The lowest BCUT2D eigenvalue weighted by Crippen LogP contribution is -2.17. The fourth-order valence-electron chi connectivity index (χ4n) is 2.45. The van der Waals surface area contributed by atoms with Crippen molar-refractivity contribution in [3.63, 3.8) is 0 Å². The topological polar surface area (TPSA) is 68.0 Å². The standard InChI is InChI=1S/C16H14ClN3O2/c1-9-5-3-4-6-12(9)14-19-13-7-11(17)8-18-15(13)20(14)10(2)16(21)22/h3-8,10H,1-2H3,(H,21,22). The van der Waals surface area contributed by atoms with Gasteiger partial charge in [-0.05, 0) is 25.5 Å². The zero-order chi connectivity index (χ0) is 15.9. The quantitative estimate of drug-likeness (QED) is 0.800. The van der Waals surface area contributed by atoms with Gasteiger partial charge in [0.25, 0.3) is 0 Å². The molecular weight excluding hydrogens is 302 g/mol. The molecule has 0 spiro atoms. The molecule has 0 aliphatic heterocycles. The Kier molecular flexibility index (Phi) is 3.58. The maximum Gasteiger partial charge on any atom is 0.326 e. The Hall–Kier alpha value is -2.40. The van der Waals surface area contributed by atoms with Crippen molar-refractivity contribution < 1.29 is 9.90 Å². The molecule has 5 nitrogen and oxygen atoms in total. The molecule has 0 saturated heterocycles. The fourth-order valence-corrected chi connectivity index (χ4v) is 2.60. The van der Waals surface area contributed by atoms with Gasteiger partial charge < -0.3 is 5.11 Å². The number of fused-ring (bicyclic) bond motifs is 1. The van der Waals surface area contributed by atoms with E-state index in [1.54, 1.807) is 17.6 Å². The number of carboxylic acid groups (broad SMARTS) is 1. The molecule has 112 valence electrons. The average Bonchev–Trinajstić information content (AvgIpc) is 2.84. The van der Waals surface area contributed by atoms with Crippen LogP contribution in [0, 0.1) is 6.92 Å². The Morgan fingerprint density at radius 1 is 1.36 bits per heavy atom. The predicted molar refractivity (Wildman–Crippen MR) is 85.1 cm³/mol. The van der Waals surface area contributed by atoms with Crippen LogP contribution in [0.25, 0.3) is 22.6 Å². The van der Waals surface area contributed by atoms with E-state index in [2.05, 4.69) is 9.97 Å². The molecule has 2 aromatic heterocycles. The summed E-state index contributed by atoms with van der Waals surface area (Å²) in [5.41, 5.74) is 2.99. The Morgan fingerprint density at radius 2 is 2.09 bits per heavy atom. The first kappa shape index (κ1) is 14.5. The van der Waals surface area contributed by atoms with Crippen molar-refractivity contribution in [2.24, 2.45) is 0 Å². The summed E-state index contributed by atoms with van der Waals surface area (Å²) < 4.78 is 1.64. The van der Waals surface area contributed by atoms with Gasteiger partial charge in [0, 0.05) is 11.8 Å². The number of hydrogen-bond donors (Lipinski definition) is 1. The van der Waals surface area contributed by atoms with E-state index in [4.69, 9.17) is 11.6 Å². The average molecular weight is 316 g/mol. The number of benzene rings is 1. The summed E-state index contributed by atoms with van der Waals surface area (Å²) in [4.78, 5) is 20.3. The van der Waals surface area contributed by atoms with E-state index in [1.807, 2.05) is 31.2 Å². The summed E-state index contributed by atoms with van der Waals surface area (Å²) >= 11 is 5.97. The minimum absolute atomic E-state index is 0.469. The molecule has 2 heterocycles. The van der Waals surface area contributed by atoms with Crippen molar-refractivity contribution in [3.8, 4) is 11.4 Å². The van der Waals surface area contributed by atoms with Crippen LogP contribution in [0.4, 0.5) is 0 Å². The number of pyridine rings is 1. The minimum Gasteiger partial charge on any atom is -0.480 e. The molecule has 1 atom stereocenters. The van der Waals surface area contributed by atoms with Crippen LogP contribution in [0.5, 0.6) is 0 Å². The molecule has 0 fully saturated rings. The molecular formula is C16H14ClN3O2. The summed E-state index contributed by atoms with van der Waals surface area (Å²) in [5, 5.41) is 9.88. The number of imidazole rings is 1. The number of carboxylic acids is 1. The van der Waals surface area contributed by atoms with Crippen molar-refractivity contribution >= 4 is 28.7 Å². The van der Waals surface area contributed by atoms with E-state index in [9.17, 15) is 9.90 Å². The largest absolute Gasteiger partial charge is 0.480 e. The summed E-state index contributed by atoms with van der Waals surface area (Å²) in [6.07, 6.45) is 1.50. The Balaban J connectivity index is 2.36. The Bertz CT molecular complexity index is 873. The molecule has 1 unspecified atom stereocenters. The van der Waals surface area contributed by atoms with Crippen molar-refractivity contribution in [2.45, 2.75) is 19.9 Å². The number of rotatable bonds is 3. The van der Waals surface area contributed by atoms with Gasteiger partial charge in [-0.15, -0.1) is 0 Å². The van der Waals surface area contributed by atoms with Crippen LogP contribution in [-0.4, -0.2) is 25.6 Å². The number of aliphatic carboxylic acids is 1. The highest BCUT2D eigenvalue weighted by Gasteiger charge is 2.23. The first-order valence-electron chi connectivity index (χ1n) is 6.81. The molecule has 0 bridgehead atoms. The van der Waals surface area contributed by atoms with Crippen molar-refractivity contribution in [3.05, 3.63) is 47.1 Å². The van der Waals surface area contributed by atoms with Crippen molar-refractivity contribution in [1.29, 1.82) is 0 Å². The Morgan fingerprint density at radius 3 is 2.77 bits per heavy atom. The second-order valence-electron chi connectivity index (χ2n) is 5.13. The molecule has 22 heavy (non-hydrogen) atoms. The summed E-state index contributed by atoms with van der Waals surface area (Å²) in [7, 11) is 0. The van der Waals surface area contributed by atoms with Gasteiger partial charge >= 0.3 is 5.97 Å². The second-order valence-corrected chi connectivity index (χ2v) is 5.57. The number of nitrogens with zero attached hydrogens (tertiary/aromatic N) is 3. The maximum absolute atomic E-state index is 11.5. The third-order valence-electron chi connectivity index (χ3n) is 3.63. The zero-order valence-electron chi connectivity index (χ0n) is 12.1. The number of aryl methyl sites for hydroxylation is 1. The highest BCUT2D eigenvalue weighted by Crippen LogP contribution is 2.30. The van der Waals surface area contributed by atoms with Crippen molar-refractivity contribution in [2.75, 3.05) is 0 Å². The van der Waals surface area contributed by atoms with Gasteiger partial charge in [0.2, 0.25) is 0 Å². The zero-order valence-corrected chi connectivity index (χ0v) is 12.9. The lowest BCUT2D eigenvalue weighted by atomic mass is 10.1. The molecule has 0 saturated carbocycles. The number of carbonyl (C=O) groups is 1. The Labute approximate surface area is 132 Å². The van der Waals surface area contributed by atoms with Crippen LogP contribution in [0.3, 0.4) is 0 Å². The molecule has 0 amide bonds. The molecule has 0 aliphatic rings. The van der Waals surface area contributed by atoms with E-state index in [1.165, 1.54) is 6.20 Å². The predicted octanol–water partition coefficient (Wildman–Crippen LogP) is 3.71. The fraction of sp³-hybridized carbons (Fsp3) is 0.188. The number of hydrogen-bond acceptors (Lipinski definition) is 3. The monoisotopic (exact) mass is 315 g/mol. The highest BCUT2D eigenvalue weighted by atomic mass is 35.5. The van der Waals surface area contributed by atoms with E-state index in [0.29, 0.717) is 22.0 Å². The van der Waals surface area contributed by atoms with Gasteiger partial charge in [-0.1, -0.05) is 35.9 Å². The summed E-state index contributed by atoms with van der Waals surface area (Å²) in [5.74, 6) is -0.358. The van der Waals surface area contributed by atoms with Crippen LogP contribution in [0.1, 0.15) is 18.5 Å². The van der Waals surface area contributed by atoms with Gasteiger partial charge in [0.1, 0.15) is 17.4 Å². The highest BCUT2D eigenvalue weighted by molar-refractivity contribution is 6.31. The first-order chi connectivity index (χ1) is 10.5. The smallest absolute Gasteiger partial charge is 0.326 e. The summed E-state index contributed by atoms with van der Waals surface area (Å²) in [6.45, 7) is 3.58. The van der Waals surface area contributed by atoms with Gasteiger partial charge in [0.15, 0.2) is 5.65 Å². The molecule has 0 radical (unpaired) electrons. The third-order valence-corrected chi connectivity index (χ3v) is 3.83. The van der Waals surface area contributed by atoms with Crippen LogP contribution in [0.2, 0.25) is 5.02 Å². The van der Waals surface area contributed by atoms with Gasteiger partial charge in [-0.3, -0.25) is 4.57 Å². The van der Waals surface area contributed by atoms with E-state index in [0.717, 1.165) is 11.1 Å². The van der Waals surface area contributed by atoms with Crippen LogP contribution >= 0.6 is 11.6 Å². The SMILES string of the molecule is Cc1ccccc1-c1nc2cc(Cl)cnc2n1C(C)C(=O)O. The molecule has 6 heteroatoms. The molecule has 1 N–H and O–H groups in total. The van der Waals surface area contributed by atoms with E-state index >= 15 is 0 Å². The van der Waals surface area contributed by atoms with Crippen LogP contribution in [-0.2, 0) is 4.79 Å². The van der Waals surface area contributed by atoms with Gasteiger partial charge in [0.05, 0.1) is 5.02 Å². The van der Waals surface area contributed by atoms with Crippen LogP contribution in [0.15, 0.2) is 36.5 Å². The molecule has 0 aliphatic carbocycles. The molecule has 1 aromatic carbocycles. The number of halogens is 1. The number of aromatic nitrogens is 3. The molecule has 3 rings (SSSR count). The van der Waals surface area contributed by atoms with E-state index in [-0.39, 0.29) is 0 Å². The van der Waals surface area contributed by atoms with Crippen molar-refractivity contribution in [1.82, 2.24) is 14.5 Å². The lowest BCUT2D eigenvalue weighted by Gasteiger charge is -2.14. The summed E-state index contributed by atoms with van der Waals surface area (Å²) in [6, 6.07) is 8.62. The van der Waals surface area contributed by atoms with E-state index < -0.39 is 12.0 Å². The first-order valence-corrected chi connectivity index (χ1v) is 7.19. The molecule has 3 aromatic rings. The van der Waals surface area contributed by atoms with Gasteiger partial charge in [-0.25, -0.2) is 14.8 Å². The normalized spacial score (nSPS) is 12.5. The second kappa shape index (κ2) is 5.42.